The maximum absolute atomic E-state index is 12.7. The molecular weight excluding hydrogens is 332 g/mol. The minimum atomic E-state index is -0.200. The number of esters is 1. The van der Waals surface area contributed by atoms with E-state index in [1.54, 1.807) is 0 Å². The fourth-order valence-electron chi connectivity index (χ4n) is 3.10. The number of benzene rings is 1. The quantitative estimate of drug-likeness (QED) is 0.698. The van der Waals surface area contributed by atoms with E-state index in [4.69, 9.17) is 9.47 Å². The van der Waals surface area contributed by atoms with Crippen LogP contribution in [0.3, 0.4) is 0 Å². The highest BCUT2D eigenvalue weighted by Crippen LogP contribution is 2.29. The van der Waals surface area contributed by atoms with E-state index < -0.39 is 0 Å². The van der Waals surface area contributed by atoms with Crippen LogP contribution in [0.1, 0.15) is 36.5 Å². The van der Waals surface area contributed by atoms with Crippen molar-refractivity contribution in [2.24, 2.45) is 5.92 Å². The summed E-state index contributed by atoms with van der Waals surface area (Å²) < 4.78 is 10.7. The fourth-order valence-corrected chi connectivity index (χ4v) is 3.10. The van der Waals surface area contributed by atoms with E-state index in [0.29, 0.717) is 44.3 Å². The molecule has 0 unspecified atom stereocenters. The summed E-state index contributed by atoms with van der Waals surface area (Å²) in [6, 6.07) is 7.43. The fraction of sp³-hybridized carbons (Fsp3) is 0.600. The predicted molar refractivity (Wildman–Crippen MR) is 98.3 cm³/mol. The minimum absolute atomic E-state index is 0.0386. The molecule has 1 aliphatic carbocycles. The molecule has 1 saturated heterocycles. The zero-order chi connectivity index (χ0) is 18.4. The first-order chi connectivity index (χ1) is 12.7. The average molecular weight is 360 g/mol. The van der Waals surface area contributed by atoms with Crippen LogP contribution in [-0.4, -0.2) is 67.6 Å². The van der Waals surface area contributed by atoms with Gasteiger partial charge in [-0.05, 0) is 56.4 Å². The third kappa shape index (κ3) is 5.46. The topological polar surface area (TPSA) is 59.1 Å². The van der Waals surface area contributed by atoms with Crippen LogP contribution >= 0.6 is 0 Å². The molecule has 0 bridgehead atoms. The van der Waals surface area contributed by atoms with E-state index in [0.717, 1.165) is 25.3 Å². The molecule has 2 aliphatic rings. The maximum Gasteiger partial charge on any atom is 0.320 e. The Bertz CT molecular complexity index is 613. The molecule has 26 heavy (non-hydrogen) atoms. The van der Waals surface area contributed by atoms with Gasteiger partial charge in [0, 0.05) is 31.7 Å². The molecule has 0 radical (unpaired) electrons. The van der Waals surface area contributed by atoms with Crippen molar-refractivity contribution in [2.75, 3.05) is 45.9 Å². The minimum Gasteiger partial charge on any atom is -0.493 e. The van der Waals surface area contributed by atoms with Gasteiger partial charge in [0.05, 0.1) is 19.8 Å². The molecule has 0 atom stereocenters. The summed E-state index contributed by atoms with van der Waals surface area (Å²) in [6.07, 6.45) is 3.38. The SMILES string of the molecule is CCOC(=O)CN1CCCN(C(=O)c2ccc(OCC3CC3)cc2)CC1. The molecule has 0 aromatic heterocycles. The Kier molecular flexibility index (Phi) is 6.50. The van der Waals surface area contributed by atoms with E-state index in [1.807, 2.05) is 36.1 Å². The summed E-state index contributed by atoms with van der Waals surface area (Å²) in [5.74, 6) is 1.38. The molecule has 0 spiro atoms. The van der Waals surface area contributed by atoms with Crippen molar-refractivity contribution in [2.45, 2.75) is 26.2 Å². The smallest absolute Gasteiger partial charge is 0.320 e. The number of hydrogen-bond acceptors (Lipinski definition) is 5. The molecule has 1 aromatic carbocycles. The first-order valence-corrected chi connectivity index (χ1v) is 9.56. The second kappa shape index (κ2) is 9.03. The van der Waals surface area contributed by atoms with Crippen molar-refractivity contribution in [1.82, 2.24) is 9.80 Å². The van der Waals surface area contributed by atoms with Crippen LogP contribution in [0.2, 0.25) is 0 Å². The molecule has 142 valence electrons. The molecule has 3 rings (SSSR count). The van der Waals surface area contributed by atoms with Gasteiger partial charge >= 0.3 is 5.97 Å². The zero-order valence-electron chi connectivity index (χ0n) is 15.5. The van der Waals surface area contributed by atoms with Gasteiger partial charge in [0.15, 0.2) is 0 Å². The van der Waals surface area contributed by atoms with Crippen LogP contribution < -0.4 is 4.74 Å². The van der Waals surface area contributed by atoms with E-state index in [1.165, 1.54) is 12.8 Å². The number of rotatable bonds is 7. The molecule has 1 saturated carbocycles. The Morgan fingerprint density at radius 1 is 1.08 bits per heavy atom. The van der Waals surface area contributed by atoms with Gasteiger partial charge in [-0.25, -0.2) is 0 Å². The highest BCUT2D eigenvalue weighted by atomic mass is 16.5. The standard InChI is InChI=1S/C20H28N2O4/c1-2-25-19(23)14-21-10-3-11-22(13-12-21)20(24)17-6-8-18(9-7-17)26-15-16-4-5-16/h6-9,16H,2-5,10-15H2,1H3. The van der Waals surface area contributed by atoms with Crippen molar-refractivity contribution < 1.29 is 19.1 Å². The van der Waals surface area contributed by atoms with Gasteiger partial charge in [-0.3, -0.25) is 14.5 Å². The zero-order valence-corrected chi connectivity index (χ0v) is 15.5. The molecule has 1 aliphatic heterocycles. The first-order valence-electron chi connectivity index (χ1n) is 9.56. The van der Waals surface area contributed by atoms with Crippen molar-refractivity contribution in [3.8, 4) is 5.75 Å². The summed E-state index contributed by atoms with van der Waals surface area (Å²) in [4.78, 5) is 28.3. The van der Waals surface area contributed by atoms with Crippen molar-refractivity contribution in [3.63, 3.8) is 0 Å². The normalized spacial score (nSPS) is 18.3. The first kappa shape index (κ1) is 18.7. The van der Waals surface area contributed by atoms with Crippen molar-refractivity contribution in [3.05, 3.63) is 29.8 Å². The van der Waals surface area contributed by atoms with Gasteiger partial charge in [-0.2, -0.15) is 0 Å². The third-order valence-electron chi connectivity index (χ3n) is 4.82. The lowest BCUT2D eigenvalue weighted by Crippen LogP contribution is -2.37. The Morgan fingerprint density at radius 3 is 2.54 bits per heavy atom. The van der Waals surface area contributed by atoms with Gasteiger partial charge in [0.1, 0.15) is 5.75 Å². The molecule has 6 heteroatoms. The Labute approximate surface area is 155 Å². The van der Waals surface area contributed by atoms with Crippen molar-refractivity contribution >= 4 is 11.9 Å². The number of ether oxygens (including phenoxy) is 2. The van der Waals surface area contributed by atoms with Crippen LogP contribution in [0.25, 0.3) is 0 Å². The molecule has 6 nitrogen and oxygen atoms in total. The summed E-state index contributed by atoms with van der Waals surface area (Å²) in [5.41, 5.74) is 0.683. The molecule has 0 N–H and O–H groups in total. The maximum atomic E-state index is 12.7. The van der Waals surface area contributed by atoms with Crippen molar-refractivity contribution in [1.29, 1.82) is 0 Å². The molecule has 1 heterocycles. The predicted octanol–water partition coefficient (Wildman–Crippen LogP) is 2.19. The molecule has 1 aromatic rings. The largest absolute Gasteiger partial charge is 0.493 e. The summed E-state index contributed by atoms with van der Waals surface area (Å²) in [5, 5.41) is 0. The van der Waals surface area contributed by atoms with Crippen LogP contribution in [0.5, 0.6) is 5.75 Å². The lowest BCUT2D eigenvalue weighted by Gasteiger charge is -2.21. The van der Waals surface area contributed by atoms with E-state index in [2.05, 4.69) is 4.90 Å². The van der Waals surface area contributed by atoms with Gasteiger partial charge in [0.25, 0.3) is 5.91 Å². The van der Waals surface area contributed by atoms with Crippen LogP contribution in [-0.2, 0) is 9.53 Å². The van der Waals surface area contributed by atoms with Gasteiger partial charge in [0.2, 0.25) is 0 Å². The van der Waals surface area contributed by atoms with Crippen LogP contribution in [0.15, 0.2) is 24.3 Å². The van der Waals surface area contributed by atoms with Gasteiger partial charge in [-0.15, -0.1) is 0 Å². The van der Waals surface area contributed by atoms with Gasteiger partial charge < -0.3 is 14.4 Å². The lowest BCUT2D eigenvalue weighted by molar-refractivity contribution is -0.144. The number of carbonyl (C=O) groups excluding carboxylic acids is 2. The molecule has 1 amide bonds. The Hall–Kier alpha value is -2.08. The van der Waals surface area contributed by atoms with Crippen LogP contribution in [0, 0.1) is 5.92 Å². The van der Waals surface area contributed by atoms with E-state index in [-0.39, 0.29) is 11.9 Å². The monoisotopic (exact) mass is 360 g/mol. The highest BCUT2D eigenvalue weighted by Gasteiger charge is 2.23. The summed E-state index contributed by atoms with van der Waals surface area (Å²) in [7, 11) is 0. The van der Waals surface area contributed by atoms with E-state index in [9.17, 15) is 9.59 Å². The third-order valence-corrected chi connectivity index (χ3v) is 4.82. The Balaban J connectivity index is 1.50. The number of amides is 1. The van der Waals surface area contributed by atoms with E-state index >= 15 is 0 Å². The number of carbonyl (C=O) groups is 2. The number of hydrogen-bond donors (Lipinski definition) is 0. The molecular formula is C20H28N2O4. The second-order valence-electron chi connectivity index (χ2n) is 7.01. The van der Waals surface area contributed by atoms with Crippen LogP contribution in [0.4, 0.5) is 0 Å². The summed E-state index contributed by atoms with van der Waals surface area (Å²) in [6.45, 7) is 6.10. The highest BCUT2D eigenvalue weighted by molar-refractivity contribution is 5.94. The number of nitrogens with zero attached hydrogens (tertiary/aromatic N) is 2. The molecule has 2 fully saturated rings. The summed E-state index contributed by atoms with van der Waals surface area (Å²) >= 11 is 0. The second-order valence-corrected chi connectivity index (χ2v) is 7.01. The van der Waals surface area contributed by atoms with Gasteiger partial charge in [-0.1, -0.05) is 0 Å². The lowest BCUT2D eigenvalue weighted by atomic mass is 10.2. The Morgan fingerprint density at radius 2 is 1.85 bits per heavy atom. The average Bonchev–Trinajstić information content (AvgIpc) is 3.48.